The molecule has 1 unspecified atom stereocenters. The van der Waals surface area contributed by atoms with E-state index in [-0.39, 0.29) is 12.1 Å². The van der Waals surface area contributed by atoms with Crippen LogP contribution in [0.5, 0.6) is 0 Å². The van der Waals surface area contributed by atoms with Crippen LogP contribution in [0, 0.1) is 20.8 Å². The van der Waals surface area contributed by atoms with E-state index >= 15 is 0 Å². The Hall–Kier alpha value is -1.94. The molecule has 19 heavy (non-hydrogen) atoms. The van der Waals surface area contributed by atoms with Crippen LogP contribution >= 0.6 is 0 Å². The number of aliphatic hydroxyl groups excluding tert-OH is 1. The van der Waals surface area contributed by atoms with Crippen molar-refractivity contribution in [2.24, 2.45) is 0 Å². The van der Waals surface area contributed by atoms with Gasteiger partial charge in [-0.15, -0.1) is 0 Å². The summed E-state index contributed by atoms with van der Waals surface area (Å²) in [7, 11) is 0. The second kappa shape index (κ2) is 5.36. The summed E-state index contributed by atoms with van der Waals surface area (Å²) in [6, 6.07) is 7.28. The number of nitrogens with zero attached hydrogens (tertiary/aromatic N) is 2. The van der Waals surface area contributed by atoms with E-state index < -0.39 is 6.10 Å². The van der Waals surface area contributed by atoms with Gasteiger partial charge < -0.3 is 5.11 Å². The molecule has 1 aromatic heterocycles. The van der Waals surface area contributed by atoms with Crippen molar-refractivity contribution in [1.82, 2.24) is 9.55 Å². The predicted molar refractivity (Wildman–Crippen MR) is 74.1 cm³/mol. The fraction of sp³-hybridized carbons (Fsp3) is 0.333. The van der Waals surface area contributed by atoms with Crippen molar-refractivity contribution in [3.63, 3.8) is 0 Å². The SMILES string of the molecule is Cc1cc(=O)n(CC(O)c2ccc(C)c(C)c2)cn1. The fourth-order valence-electron chi connectivity index (χ4n) is 1.92. The van der Waals surface area contributed by atoms with Crippen molar-refractivity contribution in [3.8, 4) is 0 Å². The van der Waals surface area contributed by atoms with Crippen molar-refractivity contribution in [2.45, 2.75) is 33.4 Å². The monoisotopic (exact) mass is 258 g/mol. The molecule has 0 aliphatic carbocycles. The van der Waals surface area contributed by atoms with E-state index in [0.717, 1.165) is 11.1 Å². The standard InChI is InChI=1S/C15H18N2O2/c1-10-4-5-13(6-11(10)2)14(18)8-17-9-16-12(3)7-15(17)19/h4-7,9,14,18H,8H2,1-3H3. The molecule has 0 bridgehead atoms. The zero-order chi connectivity index (χ0) is 14.0. The molecule has 1 aromatic carbocycles. The van der Waals surface area contributed by atoms with Gasteiger partial charge in [0.05, 0.1) is 19.0 Å². The van der Waals surface area contributed by atoms with E-state index in [1.165, 1.54) is 22.5 Å². The van der Waals surface area contributed by atoms with Crippen LogP contribution in [-0.2, 0) is 6.54 Å². The molecule has 0 aliphatic heterocycles. The number of aliphatic hydroxyl groups is 1. The van der Waals surface area contributed by atoms with E-state index in [4.69, 9.17) is 0 Å². The maximum Gasteiger partial charge on any atom is 0.253 e. The maximum absolute atomic E-state index is 11.7. The van der Waals surface area contributed by atoms with Gasteiger partial charge in [0, 0.05) is 11.8 Å². The summed E-state index contributed by atoms with van der Waals surface area (Å²) in [6.45, 7) is 6.02. The Balaban J connectivity index is 2.22. The van der Waals surface area contributed by atoms with Crippen LogP contribution in [0.25, 0.3) is 0 Å². The first-order chi connectivity index (χ1) is 8.97. The molecule has 0 saturated carbocycles. The third kappa shape index (κ3) is 3.09. The molecule has 1 atom stereocenters. The molecule has 4 heteroatoms. The zero-order valence-electron chi connectivity index (χ0n) is 11.4. The average Bonchev–Trinajstić information content (AvgIpc) is 2.36. The van der Waals surface area contributed by atoms with Gasteiger partial charge in [0.25, 0.3) is 5.56 Å². The van der Waals surface area contributed by atoms with Crippen LogP contribution < -0.4 is 5.56 Å². The Morgan fingerprint density at radius 3 is 2.58 bits per heavy atom. The molecule has 0 saturated heterocycles. The van der Waals surface area contributed by atoms with Crippen molar-refractivity contribution in [1.29, 1.82) is 0 Å². The number of hydrogen-bond donors (Lipinski definition) is 1. The van der Waals surface area contributed by atoms with E-state index in [0.29, 0.717) is 5.69 Å². The summed E-state index contributed by atoms with van der Waals surface area (Å²) in [6.07, 6.45) is 0.767. The van der Waals surface area contributed by atoms with Crippen LogP contribution in [0.4, 0.5) is 0 Å². The van der Waals surface area contributed by atoms with Crippen molar-refractivity contribution >= 4 is 0 Å². The van der Waals surface area contributed by atoms with Gasteiger partial charge in [-0.2, -0.15) is 0 Å². The van der Waals surface area contributed by atoms with Crippen molar-refractivity contribution < 1.29 is 5.11 Å². The van der Waals surface area contributed by atoms with E-state index in [1.807, 2.05) is 32.0 Å². The van der Waals surface area contributed by atoms with Crippen LogP contribution in [0.2, 0.25) is 0 Å². The largest absolute Gasteiger partial charge is 0.387 e. The lowest BCUT2D eigenvalue weighted by atomic mass is 10.0. The Kier molecular flexibility index (Phi) is 3.81. The number of benzene rings is 1. The lowest BCUT2D eigenvalue weighted by molar-refractivity contribution is 0.154. The topological polar surface area (TPSA) is 55.1 Å². The quantitative estimate of drug-likeness (QED) is 0.914. The van der Waals surface area contributed by atoms with Crippen molar-refractivity contribution in [2.75, 3.05) is 0 Å². The number of aromatic nitrogens is 2. The van der Waals surface area contributed by atoms with E-state index in [2.05, 4.69) is 4.98 Å². The molecule has 0 spiro atoms. The molecule has 4 nitrogen and oxygen atoms in total. The molecule has 2 rings (SSSR count). The summed E-state index contributed by atoms with van der Waals surface area (Å²) in [5.41, 5.74) is 3.67. The normalized spacial score (nSPS) is 12.4. The highest BCUT2D eigenvalue weighted by atomic mass is 16.3. The molecule has 0 fully saturated rings. The average molecular weight is 258 g/mol. The zero-order valence-corrected chi connectivity index (χ0v) is 11.4. The smallest absolute Gasteiger partial charge is 0.253 e. The minimum Gasteiger partial charge on any atom is -0.387 e. The van der Waals surface area contributed by atoms with Gasteiger partial charge in [-0.1, -0.05) is 18.2 Å². The molecule has 1 heterocycles. The second-order valence-corrected chi connectivity index (χ2v) is 4.88. The lowest BCUT2D eigenvalue weighted by Gasteiger charge is -2.14. The third-order valence-corrected chi connectivity index (χ3v) is 3.30. The summed E-state index contributed by atoms with van der Waals surface area (Å²) in [4.78, 5) is 15.8. The minimum absolute atomic E-state index is 0.143. The summed E-state index contributed by atoms with van der Waals surface area (Å²) in [5, 5.41) is 10.2. The molecular weight excluding hydrogens is 240 g/mol. The van der Waals surface area contributed by atoms with Crippen LogP contribution in [0.1, 0.15) is 28.5 Å². The molecule has 100 valence electrons. The Bertz CT molecular complexity index is 647. The fourth-order valence-corrected chi connectivity index (χ4v) is 1.92. The first-order valence-corrected chi connectivity index (χ1v) is 6.25. The lowest BCUT2D eigenvalue weighted by Crippen LogP contribution is -2.23. The van der Waals surface area contributed by atoms with Gasteiger partial charge in [-0.25, -0.2) is 4.98 Å². The first kappa shape index (κ1) is 13.5. The highest BCUT2D eigenvalue weighted by Gasteiger charge is 2.10. The van der Waals surface area contributed by atoms with Crippen LogP contribution in [0.15, 0.2) is 35.4 Å². The van der Waals surface area contributed by atoms with E-state index in [9.17, 15) is 9.90 Å². The molecule has 0 amide bonds. The van der Waals surface area contributed by atoms with Crippen LogP contribution in [0.3, 0.4) is 0 Å². The highest BCUT2D eigenvalue weighted by Crippen LogP contribution is 2.18. The molecular formula is C15H18N2O2. The van der Waals surface area contributed by atoms with Gasteiger partial charge in [0.2, 0.25) is 0 Å². The van der Waals surface area contributed by atoms with Gasteiger partial charge in [0.15, 0.2) is 0 Å². The Morgan fingerprint density at radius 1 is 1.21 bits per heavy atom. The maximum atomic E-state index is 11.7. The summed E-state index contributed by atoms with van der Waals surface area (Å²) >= 11 is 0. The first-order valence-electron chi connectivity index (χ1n) is 6.25. The molecule has 0 aliphatic rings. The summed E-state index contributed by atoms with van der Waals surface area (Å²) < 4.78 is 1.42. The Morgan fingerprint density at radius 2 is 1.95 bits per heavy atom. The highest BCUT2D eigenvalue weighted by molar-refractivity contribution is 5.31. The number of hydrogen-bond acceptors (Lipinski definition) is 3. The van der Waals surface area contributed by atoms with Gasteiger partial charge in [0.1, 0.15) is 0 Å². The molecule has 1 N–H and O–H groups in total. The second-order valence-electron chi connectivity index (χ2n) is 4.88. The Labute approximate surface area is 112 Å². The molecule has 2 aromatic rings. The third-order valence-electron chi connectivity index (χ3n) is 3.30. The van der Waals surface area contributed by atoms with E-state index in [1.54, 1.807) is 6.92 Å². The molecule has 0 radical (unpaired) electrons. The number of rotatable bonds is 3. The predicted octanol–water partition coefficient (Wildman–Crippen LogP) is 1.90. The number of aryl methyl sites for hydroxylation is 3. The van der Waals surface area contributed by atoms with Gasteiger partial charge >= 0.3 is 0 Å². The van der Waals surface area contributed by atoms with Crippen molar-refractivity contribution in [3.05, 3.63) is 63.3 Å². The van der Waals surface area contributed by atoms with Gasteiger partial charge in [-0.05, 0) is 37.5 Å². The minimum atomic E-state index is -0.707. The van der Waals surface area contributed by atoms with Gasteiger partial charge in [-0.3, -0.25) is 9.36 Å². The van der Waals surface area contributed by atoms with Crippen LogP contribution in [-0.4, -0.2) is 14.7 Å². The summed E-state index contributed by atoms with van der Waals surface area (Å²) in [5.74, 6) is 0.